The number of nitrogens with two attached hydrogens (primary N) is 2. The van der Waals surface area contributed by atoms with Crippen LogP contribution < -0.4 is 11.5 Å². The van der Waals surface area contributed by atoms with Crippen molar-refractivity contribution in [1.82, 2.24) is 24.3 Å². The number of aromatic nitrogens is 5. The van der Waals surface area contributed by atoms with Crippen LogP contribution in [0.3, 0.4) is 0 Å². The van der Waals surface area contributed by atoms with Gasteiger partial charge in [0.15, 0.2) is 5.78 Å². The zero-order chi connectivity index (χ0) is 17.4. The minimum atomic E-state index is -0.0666. The third-order valence-electron chi connectivity index (χ3n) is 3.93. The van der Waals surface area contributed by atoms with Crippen molar-refractivity contribution in [3.05, 3.63) is 60.4 Å². The summed E-state index contributed by atoms with van der Waals surface area (Å²) in [5, 5.41) is 4.10. The van der Waals surface area contributed by atoms with Crippen molar-refractivity contribution in [2.24, 2.45) is 0 Å². The quantitative estimate of drug-likeness (QED) is 0.433. The molecule has 2 aromatic carbocycles. The second-order valence-corrected chi connectivity index (χ2v) is 5.56. The van der Waals surface area contributed by atoms with Crippen LogP contribution in [0.15, 0.2) is 54.9 Å². The van der Waals surface area contributed by atoms with Crippen molar-refractivity contribution in [2.75, 3.05) is 11.5 Å². The fourth-order valence-electron chi connectivity index (χ4n) is 2.69. The van der Waals surface area contributed by atoms with E-state index in [1.165, 1.54) is 11.0 Å². The molecule has 0 bridgehead atoms. The van der Waals surface area contributed by atoms with Crippen LogP contribution in [-0.2, 0) is 6.54 Å². The Morgan fingerprint density at radius 2 is 1.80 bits per heavy atom. The Balaban J connectivity index is 1.81. The van der Waals surface area contributed by atoms with Gasteiger partial charge in [-0.1, -0.05) is 12.1 Å². The number of anilines is 2. The van der Waals surface area contributed by atoms with E-state index < -0.39 is 0 Å². The van der Waals surface area contributed by atoms with Gasteiger partial charge in [-0.05, 0) is 36.4 Å². The second kappa shape index (κ2) is 5.75. The van der Waals surface area contributed by atoms with Crippen molar-refractivity contribution >= 4 is 28.5 Å². The molecule has 4 aromatic rings. The molecular formula is C17H15N7O. The lowest BCUT2D eigenvalue weighted by Crippen LogP contribution is -2.16. The van der Waals surface area contributed by atoms with Gasteiger partial charge in [0.05, 0.1) is 17.6 Å². The zero-order valence-corrected chi connectivity index (χ0v) is 13.2. The standard InChI is InChI=1S/C17H15N7O/c18-12-7-5-11(6-8-12)15(25)9-23-14-4-2-1-3-13(14)22-17(23)24-16(19)20-10-21-24/h1-8,10H,9,18H2,(H2,19,20,21). The molecule has 4 rings (SSSR count). The molecule has 0 unspecified atom stereocenters. The smallest absolute Gasteiger partial charge is 0.235 e. The number of Topliss-reactive ketones (excluding diaryl/α,β-unsaturated/α-hetero) is 1. The molecule has 0 saturated carbocycles. The highest BCUT2D eigenvalue weighted by Gasteiger charge is 2.18. The molecule has 0 aliphatic carbocycles. The van der Waals surface area contributed by atoms with Crippen LogP contribution >= 0.6 is 0 Å². The maximum atomic E-state index is 12.7. The van der Waals surface area contributed by atoms with Crippen LogP contribution in [0.2, 0.25) is 0 Å². The van der Waals surface area contributed by atoms with E-state index in [4.69, 9.17) is 11.5 Å². The Hall–Kier alpha value is -3.68. The van der Waals surface area contributed by atoms with Gasteiger partial charge >= 0.3 is 0 Å². The molecule has 0 spiro atoms. The van der Waals surface area contributed by atoms with Crippen LogP contribution in [-0.4, -0.2) is 30.1 Å². The number of hydrogen-bond donors (Lipinski definition) is 2. The summed E-state index contributed by atoms with van der Waals surface area (Å²) in [4.78, 5) is 21.2. The van der Waals surface area contributed by atoms with Crippen LogP contribution in [0.4, 0.5) is 11.6 Å². The Morgan fingerprint density at radius 3 is 2.52 bits per heavy atom. The average molecular weight is 333 g/mol. The van der Waals surface area contributed by atoms with Gasteiger partial charge in [-0.2, -0.15) is 14.8 Å². The number of para-hydroxylation sites is 2. The van der Waals surface area contributed by atoms with Gasteiger partial charge in [-0.3, -0.25) is 4.79 Å². The van der Waals surface area contributed by atoms with E-state index in [2.05, 4.69) is 15.1 Å². The summed E-state index contributed by atoms with van der Waals surface area (Å²) in [5.41, 5.74) is 14.3. The lowest BCUT2D eigenvalue weighted by atomic mass is 10.1. The molecule has 0 saturated heterocycles. The molecule has 2 aromatic heterocycles. The molecule has 0 aliphatic heterocycles. The molecule has 2 heterocycles. The summed E-state index contributed by atoms with van der Waals surface area (Å²) in [7, 11) is 0. The lowest BCUT2D eigenvalue weighted by Gasteiger charge is -2.09. The van der Waals surface area contributed by atoms with Crippen LogP contribution in [0.25, 0.3) is 17.0 Å². The SMILES string of the molecule is Nc1ccc(C(=O)Cn2c(-n3ncnc3N)nc3ccccc32)cc1. The number of rotatable bonds is 4. The highest BCUT2D eigenvalue weighted by atomic mass is 16.1. The largest absolute Gasteiger partial charge is 0.399 e. The molecule has 0 radical (unpaired) electrons. The number of hydrogen-bond acceptors (Lipinski definition) is 6. The Kier molecular flexibility index (Phi) is 3.42. The fraction of sp³-hybridized carbons (Fsp3) is 0.0588. The molecule has 124 valence electrons. The summed E-state index contributed by atoms with van der Waals surface area (Å²) in [6.07, 6.45) is 1.35. The van der Waals surface area contributed by atoms with Gasteiger partial charge < -0.3 is 16.0 Å². The van der Waals surface area contributed by atoms with Crippen LogP contribution in [0.5, 0.6) is 0 Å². The third kappa shape index (κ3) is 2.59. The van der Waals surface area contributed by atoms with E-state index in [-0.39, 0.29) is 18.3 Å². The van der Waals surface area contributed by atoms with E-state index in [9.17, 15) is 4.79 Å². The maximum absolute atomic E-state index is 12.7. The minimum Gasteiger partial charge on any atom is -0.399 e. The van der Waals surface area contributed by atoms with Crippen molar-refractivity contribution < 1.29 is 4.79 Å². The van der Waals surface area contributed by atoms with Gasteiger partial charge in [-0.25, -0.2) is 4.98 Å². The molecule has 4 N–H and O–H groups in total. The summed E-state index contributed by atoms with van der Waals surface area (Å²) < 4.78 is 3.19. The number of carbonyl (C=O) groups is 1. The number of carbonyl (C=O) groups excluding carboxylic acids is 1. The maximum Gasteiger partial charge on any atom is 0.235 e. The van der Waals surface area contributed by atoms with Gasteiger partial charge in [0, 0.05) is 11.3 Å². The molecule has 0 aliphatic rings. The van der Waals surface area contributed by atoms with Crippen molar-refractivity contribution in [3.63, 3.8) is 0 Å². The van der Waals surface area contributed by atoms with Gasteiger partial charge in [0.1, 0.15) is 6.33 Å². The number of nitrogen functional groups attached to an aromatic ring is 2. The van der Waals surface area contributed by atoms with E-state index in [1.54, 1.807) is 28.8 Å². The molecule has 0 fully saturated rings. The summed E-state index contributed by atoms with van der Waals surface area (Å²) >= 11 is 0. The van der Waals surface area contributed by atoms with Crippen molar-refractivity contribution in [3.8, 4) is 5.95 Å². The normalized spacial score (nSPS) is 11.0. The van der Waals surface area contributed by atoms with Crippen molar-refractivity contribution in [2.45, 2.75) is 6.54 Å². The van der Waals surface area contributed by atoms with Crippen LogP contribution in [0, 0.1) is 0 Å². The molecule has 25 heavy (non-hydrogen) atoms. The van der Waals surface area contributed by atoms with Crippen molar-refractivity contribution in [1.29, 1.82) is 0 Å². The highest BCUT2D eigenvalue weighted by Crippen LogP contribution is 2.20. The molecule has 8 heteroatoms. The molecule has 0 atom stereocenters. The summed E-state index contributed by atoms with van der Waals surface area (Å²) in [6, 6.07) is 14.4. The number of ketones is 1. The minimum absolute atomic E-state index is 0.0666. The molecule has 8 nitrogen and oxygen atoms in total. The van der Waals surface area contributed by atoms with Gasteiger partial charge in [0.25, 0.3) is 0 Å². The van der Waals surface area contributed by atoms with Gasteiger partial charge in [-0.15, -0.1) is 0 Å². The zero-order valence-electron chi connectivity index (χ0n) is 13.2. The number of imidazole rings is 1. The second-order valence-electron chi connectivity index (χ2n) is 5.56. The Bertz CT molecular complexity index is 1060. The monoisotopic (exact) mass is 333 g/mol. The van der Waals surface area contributed by atoms with E-state index in [1.807, 2.05) is 24.3 Å². The van der Waals surface area contributed by atoms with Gasteiger partial charge in [0.2, 0.25) is 11.9 Å². The Labute approximate surface area is 142 Å². The first kappa shape index (κ1) is 14.9. The van der Waals surface area contributed by atoms with E-state index in [0.717, 1.165) is 11.0 Å². The predicted octanol–water partition coefficient (Wildman–Crippen LogP) is 1.66. The topological polar surface area (TPSA) is 118 Å². The first-order valence-corrected chi connectivity index (χ1v) is 7.63. The number of nitrogens with zero attached hydrogens (tertiary/aromatic N) is 5. The first-order chi connectivity index (χ1) is 12.1. The summed E-state index contributed by atoms with van der Waals surface area (Å²) in [6.45, 7) is 0.0963. The Morgan fingerprint density at radius 1 is 1.04 bits per heavy atom. The highest BCUT2D eigenvalue weighted by molar-refractivity contribution is 5.97. The number of benzene rings is 2. The molecule has 0 amide bonds. The molecular weight excluding hydrogens is 318 g/mol. The number of fused-ring (bicyclic) bond motifs is 1. The first-order valence-electron chi connectivity index (χ1n) is 7.63. The average Bonchev–Trinajstić information content (AvgIpc) is 3.19. The lowest BCUT2D eigenvalue weighted by molar-refractivity contribution is 0.0973. The predicted molar refractivity (Wildman–Crippen MR) is 94.2 cm³/mol. The van der Waals surface area contributed by atoms with Crippen LogP contribution in [0.1, 0.15) is 10.4 Å². The summed E-state index contributed by atoms with van der Waals surface area (Å²) in [5.74, 6) is 0.583. The van der Waals surface area contributed by atoms with E-state index >= 15 is 0 Å². The fourth-order valence-corrected chi connectivity index (χ4v) is 2.69. The van der Waals surface area contributed by atoms with E-state index in [0.29, 0.717) is 17.2 Å². The third-order valence-corrected chi connectivity index (χ3v) is 3.93.